The van der Waals surface area contributed by atoms with Crippen molar-refractivity contribution in [3.63, 3.8) is 0 Å². The van der Waals surface area contributed by atoms with Gasteiger partial charge in [-0.25, -0.2) is 4.98 Å². The smallest absolute Gasteiger partial charge is 0.270 e. The molecular formula is C19H18N6O. The van der Waals surface area contributed by atoms with E-state index in [1.165, 1.54) is 0 Å². The van der Waals surface area contributed by atoms with Gasteiger partial charge in [-0.3, -0.25) is 14.2 Å². The van der Waals surface area contributed by atoms with Gasteiger partial charge in [0.1, 0.15) is 11.3 Å². The number of rotatable bonds is 3. The van der Waals surface area contributed by atoms with Crippen LogP contribution in [-0.4, -0.2) is 44.3 Å². The Morgan fingerprint density at radius 2 is 2.15 bits per heavy atom. The molecule has 0 aliphatic carbocycles. The third kappa shape index (κ3) is 2.97. The number of amides is 1. The van der Waals surface area contributed by atoms with E-state index < -0.39 is 0 Å². The molecule has 0 bridgehead atoms. The van der Waals surface area contributed by atoms with Crippen molar-refractivity contribution in [2.24, 2.45) is 0 Å². The van der Waals surface area contributed by atoms with Crippen LogP contribution in [0.5, 0.6) is 0 Å². The highest BCUT2D eigenvalue weighted by Gasteiger charge is 2.24. The number of nitrogens with zero attached hydrogens (tertiary/aromatic N) is 5. The number of carbonyl (C=O) groups excluding carboxylic acids is 1. The van der Waals surface area contributed by atoms with Crippen LogP contribution in [0, 0.1) is 18.4 Å². The summed E-state index contributed by atoms with van der Waals surface area (Å²) in [5.74, 6) is -0.171. The van der Waals surface area contributed by atoms with Crippen LogP contribution in [0.15, 0.2) is 42.9 Å². The van der Waals surface area contributed by atoms with E-state index in [4.69, 9.17) is 5.26 Å². The Kier molecular flexibility index (Phi) is 4.01. The molecule has 130 valence electrons. The second kappa shape index (κ2) is 6.48. The first-order chi connectivity index (χ1) is 12.6. The Morgan fingerprint density at radius 1 is 1.31 bits per heavy atom. The molecule has 4 rings (SSSR count). The second-order valence-electron chi connectivity index (χ2n) is 6.48. The van der Waals surface area contributed by atoms with Crippen molar-refractivity contribution in [3.8, 4) is 17.3 Å². The minimum Gasteiger partial charge on any atom is -0.346 e. The molecule has 3 aromatic rings. The highest BCUT2D eigenvalue weighted by molar-refractivity contribution is 5.93. The van der Waals surface area contributed by atoms with Crippen LogP contribution in [-0.2, 0) is 0 Å². The molecule has 0 aromatic carbocycles. The van der Waals surface area contributed by atoms with E-state index in [0.717, 1.165) is 23.2 Å². The molecule has 1 fully saturated rings. The normalized spacial score (nSPS) is 16.6. The molecule has 1 atom stereocenters. The average molecular weight is 346 g/mol. The molecule has 0 saturated carbocycles. The second-order valence-corrected chi connectivity index (χ2v) is 6.48. The monoisotopic (exact) mass is 346 g/mol. The molecule has 1 aliphatic rings. The number of nitriles is 1. The highest BCUT2D eigenvalue weighted by atomic mass is 16.2. The minimum absolute atomic E-state index is 0.00762. The van der Waals surface area contributed by atoms with Gasteiger partial charge in [-0.15, -0.1) is 0 Å². The molecule has 1 unspecified atom stereocenters. The summed E-state index contributed by atoms with van der Waals surface area (Å²) in [7, 11) is 0. The Hall–Kier alpha value is -3.40. The summed E-state index contributed by atoms with van der Waals surface area (Å²) < 4.78 is 1.78. The number of imidazole rings is 1. The predicted octanol–water partition coefficient (Wildman–Crippen LogP) is 1.99. The van der Waals surface area contributed by atoms with Crippen molar-refractivity contribution in [2.75, 3.05) is 13.1 Å². The largest absolute Gasteiger partial charge is 0.346 e. The van der Waals surface area contributed by atoms with Crippen LogP contribution in [0.25, 0.3) is 16.8 Å². The van der Waals surface area contributed by atoms with Crippen LogP contribution < -0.4 is 5.32 Å². The number of aryl methyl sites for hydroxylation is 1. The summed E-state index contributed by atoms with van der Waals surface area (Å²) >= 11 is 0. The van der Waals surface area contributed by atoms with E-state index >= 15 is 0 Å². The Bertz CT molecular complexity index is 1020. The van der Waals surface area contributed by atoms with E-state index in [-0.39, 0.29) is 11.9 Å². The van der Waals surface area contributed by atoms with Gasteiger partial charge < -0.3 is 10.2 Å². The molecule has 1 aliphatic heterocycles. The van der Waals surface area contributed by atoms with E-state index in [0.29, 0.717) is 24.4 Å². The lowest BCUT2D eigenvalue weighted by atomic mass is 10.1. The van der Waals surface area contributed by atoms with Gasteiger partial charge in [-0.05, 0) is 48.7 Å². The maximum Gasteiger partial charge on any atom is 0.270 e. The van der Waals surface area contributed by atoms with Gasteiger partial charge in [0.2, 0.25) is 0 Å². The van der Waals surface area contributed by atoms with E-state index in [9.17, 15) is 4.79 Å². The van der Waals surface area contributed by atoms with Crippen molar-refractivity contribution in [2.45, 2.75) is 19.4 Å². The maximum atomic E-state index is 12.6. The molecule has 1 amide bonds. The van der Waals surface area contributed by atoms with E-state index in [2.05, 4.69) is 21.5 Å². The third-order valence-electron chi connectivity index (χ3n) is 4.64. The molecule has 7 nitrogen and oxygen atoms in total. The van der Waals surface area contributed by atoms with Crippen LogP contribution in [0.4, 0.5) is 0 Å². The number of carbonyl (C=O) groups is 1. The van der Waals surface area contributed by atoms with Gasteiger partial charge in [0.25, 0.3) is 5.91 Å². The lowest BCUT2D eigenvalue weighted by Gasteiger charge is -2.12. The number of nitrogens with one attached hydrogen (secondary N) is 1. The predicted molar refractivity (Wildman–Crippen MR) is 96.2 cm³/mol. The van der Waals surface area contributed by atoms with Gasteiger partial charge in [0, 0.05) is 37.2 Å². The fraction of sp³-hybridized carbons (Fsp3) is 0.263. The number of pyridine rings is 2. The summed E-state index contributed by atoms with van der Waals surface area (Å²) in [6.45, 7) is 3.20. The fourth-order valence-corrected chi connectivity index (χ4v) is 3.28. The summed E-state index contributed by atoms with van der Waals surface area (Å²) in [6.07, 6.45) is 8.13. The lowest BCUT2D eigenvalue weighted by Crippen LogP contribution is -2.36. The molecule has 7 heteroatoms. The van der Waals surface area contributed by atoms with Crippen molar-refractivity contribution < 1.29 is 4.79 Å². The summed E-state index contributed by atoms with van der Waals surface area (Å²) in [5, 5.41) is 11.9. The standard InChI is InChI=1S/C19H18N6O/c1-13-8-14(2-5-21-13)15-3-7-25-17(10-22-18(25)9-15)19(26)23-16-4-6-24(11-16)12-20/h2-3,5,7-10,16H,4,6,11H2,1H3,(H,23,26). The summed E-state index contributed by atoms with van der Waals surface area (Å²) in [4.78, 5) is 22.8. The van der Waals surface area contributed by atoms with Gasteiger partial charge >= 0.3 is 0 Å². The zero-order valence-electron chi connectivity index (χ0n) is 14.4. The summed E-state index contributed by atoms with van der Waals surface area (Å²) in [5.41, 5.74) is 4.26. The van der Waals surface area contributed by atoms with Crippen molar-refractivity contribution >= 4 is 11.6 Å². The molecule has 3 aromatic heterocycles. The van der Waals surface area contributed by atoms with Crippen LogP contribution in [0.3, 0.4) is 0 Å². The first kappa shape index (κ1) is 16.1. The number of aromatic nitrogens is 3. The SMILES string of the molecule is Cc1cc(-c2ccn3c(C(=O)NC4CCN(C#N)C4)cnc3c2)ccn1. The average Bonchev–Trinajstić information content (AvgIpc) is 3.27. The van der Waals surface area contributed by atoms with Crippen molar-refractivity contribution in [3.05, 3.63) is 54.2 Å². The van der Waals surface area contributed by atoms with E-state index in [1.807, 2.05) is 37.4 Å². The molecule has 0 radical (unpaired) electrons. The van der Waals surface area contributed by atoms with Crippen LogP contribution >= 0.6 is 0 Å². The number of likely N-dealkylation sites (tertiary alicyclic amines) is 1. The fourth-order valence-electron chi connectivity index (χ4n) is 3.28. The molecular weight excluding hydrogens is 328 g/mol. The first-order valence-corrected chi connectivity index (χ1v) is 8.50. The Labute approximate surface area is 150 Å². The first-order valence-electron chi connectivity index (χ1n) is 8.50. The lowest BCUT2D eigenvalue weighted by molar-refractivity contribution is 0.0933. The van der Waals surface area contributed by atoms with Gasteiger partial charge in [-0.2, -0.15) is 5.26 Å². The Morgan fingerprint density at radius 3 is 2.92 bits per heavy atom. The Balaban J connectivity index is 1.58. The number of hydrogen-bond acceptors (Lipinski definition) is 5. The van der Waals surface area contributed by atoms with Crippen LogP contribution in [0.2, 0.25) is 0 Å². The zero-order chi connectivity index (χ0) is 18.1. The molecule has 1 saturated heterocycles. The molecule has 4 heterocycles. The van der Waals surface area contributed by atoms with Gasteiger partial charge in [0.15, 0.2) is 6.19 Å². The van der Waals surface area contributed by atoms with Crippen molar-refractivity contribution in [1.82, 2.24) is 24.6 Å². The van der Waals surface area contributed by atoms with E-state index in [1.54, 1.807) is 21.7 Å². The van der Waals surface area contributed by atoms with Gasteiger partial charge in [0.05, 0.1) is 6.20 Å². The zero-order valence-corrected chi connectivity index (χ0v) is 14.4. The number of hydrogen-bond donors (Lipinski definition) is 1. The topological polar surface area (TPSA) is 86.3 Å². The third-order valence-corrected chi connectivity index (χ3v) is 4.64. The molecule has 1 N–H and O–H groups in total. The quantitative estimate of drug-likeness (QED) is 0.733. The minimum atomic E-state index is -0.171. The van der Waals surface area contributed by atoms with Crippen LogP contribution in [0.1, 0.15) is 22.6 Å². The van der Waals surface area contributed by atoms with Crippen molar-refractivity contribution in [1.29, 1.82) is 5.26 Å². The number of fused-ring (bicyclic) bond motifs is 1. The highest BCUT2D eigenvalue weighted by Crippen LogP contribution is 2.21. The maximum absolute atomic E-state index is 12.6. The summed E-state index contributed by atoms with van der Waals surface area (Å²) in [6, 6.07) is 7.89. The molecule has 26 heavy (non-hydrogen) atoms. The van der Waals surface area contributed by atoms with Gasteiger partial charge in [-0.1, -0.05) is 0 Å². The molecule has 0 spiro atoms.